The van der Waals surface area contributed by atoms with Crippen molar-refractivity contribution in [1.82, 2.24) is 15.0 Å². The Balaban J connectivity index is 1.98. The molecule has 2 heterocycles. The average Bonchev–Trinajstić information content (AvgIpc) is 2.99. The molecule has 5 heteroatoms. The van der Waals surface area contributed by atoms with Crippen LogP contribution in [0, 0.1) is 18.3 Å². The van der Waals surface area contributed by atoms with Crippen molar-refractivity contribution in [2.75, 3.05) is 11.4 Å². The maximum atomic E-state index is 9.42. The van der Waals surface area contributed by atoms with E-state index >= 15 is 0 Å². The van der Waals surface area contributed by atoms with E-state index in [1.54, 1.807) is 4.80 Å². The number of benzene rings is 1. The summed E-state index contributed by atoms with van der Waals surface area (Å²) in [5, 5.41) is 18.4. The van der Waals surface area contributed by atoms with E-state index in [2.05, 4.69) is 28.1 Å². The second-order valence-corrected chi connectivity index (χ2v) is 5.86. The van der Waals surface area contributed by atoms with Gasteiger partial charge >= 0.3 is 0 Å². The van der Waals surface area contributed by atoms with Gasteiger partial charge in [0, 0.05) is 12.6 Å². The average molecular weight is 295 g/mol. The van der Waals surface area contributed by atoms with E-state index in [9.17, 15) is 5.26 Å². The lowest BCUT2D eigenvalue weighted by Gasteiger charge is -2.35. The molecule has 0 spiro atoms. The monoisotopic (exact) mass is 295 g/mol. The van der Waals surface area contributed by atoms with Crippen molar-refractivity contribution < 1.29 is 0 Å². The minimum absolute atomic E-state index is 0.418. The van der Waals surface area contributed by atoms with Crippen LogP contribution in [0.1, 0.15) is 43.9 Å². The molecule has 0 bridgehead atoms. The molecule has 0 amide bonds. The maximum absolute atomic E-state index is 9.42. The quantitative estimate of drug-likeness (QED) is 0.872. The van der Waals surface area contributed by atoms with Crippen LogP contribution in [0.15, 0.2) is 24.3 Å². The summed E-state index contributed by atoms with van der Waals surface area (Å²) in [5.41, 5.74) is 2.50. The Labute approximate surface area is 131 Å². The van der Waals surface area contributed by atoms with Crippen molar-refractivity contribution in [2.45, 2.75) is 45.6 Å². The van der Waals surface area contributed by atoms with Crippen molar-refractivity contribution in [2.24, 2.45) is 0 Å². The first-order valence-electron chi connectivity index (χ1n) is 7.94. The zero-order valence-electron chi connectivity index (χ0n) is 13.2. The molecule has 1 aliphatic rings. The van der Waals surface area contributed by atoms with Crippen molar-refractivity contribution in [3.8, 4) is 11.8 Å². The Bertz CT molecular complexity index is 680. The Morgan fingerprint density at radius 2 is 2.00 bits per heavy atom. The van der Waals surface area contributed by atoms with Gasteiger partial charge in [0.15, 0.2) is 5.82 Å². The summed E-state index contributed by atoms with van der Waals surface area (Å²) in [4.78, 5) is 3.84. The highest BCUT2D eigenvalue weighted by atomic mass is 15.5. The van der Waals surface area contributed by atoms with Gasteiger partial charge in [0.2, 0.25) is 5.69 Å². The fourth-order valence-corrected chi connectivity index (χ4v) is 3.06. The largest absolute Gasteiger partial charge is 0.350 e. The van der Waals surface area contributed by atoms with Gasteiger partial charge in [0.05, 0.1) is 5.69 Å². The van der Waals surface area contributed by atoms with Crippen molar-refractivity contribution >= 4 is 5.82 Å². The molecule has 5 nitrogen and oxygen atoms in total. The molecule has 22 heavy (non-hydrogen) atoms. The number of hydrogen-bond donors (Lipinski definition) is 0. The molecule has 0 saturated carbocycles. The molecule has 1 atom stereocenters. The zero-order chi connectivity index (χ0) is 15.5. The molecule has 114 valence electrons. The fraction of sp³-hybridized carbons (Fsp3) is 0.471. The zero-order valence-corrected chi connectivity index (χ0v) is 13.2. The van der Waals surface area contributed by atoms with Gasteiger partial charge in [-0.15, -0.1) is 15.0 Å². The Kier molecular flexibility index (Phi) is 4.10. The smallest absolute Gasteiger partial charge is 0.207 e. The van der Waals surface area contributed by atoms with E-state index in [1.165, 1.54) is 18.4 Å². The number of piperidine rings is 1. The van der Waals surface area contributed by atoms with Crippen molar-refractivity contribution in [1.29, 1.82) is 5.26 Å². The molecular weight excluding hydrogens is 274 g/mol. The summed E-state index contributed by atoms with van der Waals surface area (Å²) in [5.74, 6) is 0.731. The van der Waals surface area contributed by atoms with Crippen LogP contribution in [0.5, 0.6) is 0 Å². The molecule has 0 aliphatic carbocycles. The number of nitrogens with zero attached hydrogens (tertiary/aromatic N) is 5. The van der Waals surface area contributed by atoms with E-state index in [0.29, 0.717) is 11.7 Å². The molecular formula is C17H21N5. The molecule has 3 rings (SSSR count). The number of aryl methyl sites for hydroxylation is 1. The van der Waals surface area contributed by atoms with Crippen LogP contribution in [0.25, 0.3) is 5.69 Å². The molecule has 1 aromatic heterocycles. The van der Waals surface area contributed by atoms with Gasteiger partial charge in [0.25, 0.3) is 0 Å². The predicted octanol–water partition coefficient (Wildman–Crippen LogP) is 3.22. The van der Waals surface area contributed by atoms with Crippen LogP contribution >= 0.6 is 0 Å². The van der Waals surface area contributed by atoms with Gasteiger partial charge in [-0.25, -0.2) is 0 Å². The third-order valence-corrected chi connectivity index (χ3v) is 4.34. The van der Waals surface area contributed by atoms with E-state index < -0.39 is 0 Å². The van der Waals surface area contributed by atoms with Gasteiger partial charge in [-0.05, 0) is 44.7 Å². The Morgan fingerprint density at radius 3 is 2.68 bits per heavy atom. The summed E-state index contributed by atoms with van der Waals surface area (Å²) < 4.78 is 0. The van der Waals surface area contributed by atoms with E-state index in [4.69, 9.17) is 0 Å². The lowest BCUT2D eigenvalue weighted by atomic mass is 10.00. The van der Waals surface area contributed by atoms with E-state index in [0.717, 1.165) is 30.9 Å². The fourth-order valence-electron chi connectivity index (χ4n) is 3.06. The Morgan fingerprint density at radius 1 is 1.23 bits per heavy atom. The molecule has 1 aliphatic heterocycles. The summed E-state index contributed by atoms with van der Waals surface area (Å²) in [6.07, 6.45) is 4.64. The van der Waals surface area contributed by atoms with Crippen LogP contribution in [0.2, 0.25) is 0 Å². The number of anilines is 1. The van der Waals surface area contributed by atoms with Gasteiger partial charge in [-0.2, -0.15) is 5.26 Å². The molecule has 0 unspecified atom stereocenters. The van der Waals surface area contributed by atoms with Crippen molar-refractivity contribution in [3.05, 3.63) is 35.5 Å². The van der Waals surface area contributed by atoms with E-state index in [1.807, 2.05) is 31.2 Å². The first kappa shape index (κ1) is 14.6. The second-order valence-electron chi connectivity index (χ2n) is 5.86. The second kappa shape index (κ2) is 6.18. The highest BCUT2D eigenvalue weighted by molar-refractivity contribution is 5.51. The molecule has 2 aromatic rings. The third kappa shape index (κ3) is 2.69. The summed E-state index contributed by atoms with van der Waals surface area (Å²) in [6, 6.07) is 10.7. The van der Waals surface area contributed by atoms with Gasteiger partial charge in [-0.1, -0.05) is 24.6 Å². The van der Waals surface area contributed by atoms with Crippen LogP contribution in [-0.2, 0) is 0 Å². The van der Waals surface area contributed by atoms with Gasteiger partial charge < -0.3 is 4.90 Å². The topological polar surface area (TPSA) is 57.7 Å². The highest BCUT2D eigenvalue weighted by Crippen LogP contribution is 2.27. The number of hydrogen-bond acceptors (Lipinski definition) is 4. The lowest BCUT2D eigenvalue weighted by Crippen LogP contribution is -2.39. The molecule has 0 radical (unpaired) electrons. The lowest BCUT2D eigenvalue weighted by molar-refractivity contribution is 0.446. The van der Waals surface area contributed by atoms with Gasteiger partial charge in [0.1, 0.15) is 6.07 Å². The first-order chi connectivity index (χ1) is 10.7. The minimum Gasteiger partial charge on any atom is -0.350 e. The van der Waals surface area contributed by atoms with E-state index in [-0.39, 0.29) is 0 Å². The SMILES string of the molecule is CC[C@H]1CCCCN1c1nn(-c2ccc(C)cc2)nc1C#N. The van der Waals surface area contributed by atoms with Crippen LogP contribution in [-0.4, -0.2) is 27.6 Å². The molecule has 0 N–H and O–H groups in total. The third-order valence-electron chi connectivity index (χ3n) is 4.34. The predicted molar refractivity (Wildman–Crippen MR) is 86.1 cm³/mol. The number of nitriles is 1. The standard InChI is InChI=1S/C17H21N5/c1-3-14-6-4-5-11-21(14)17-16(12-18)19-22(20-17)15-9-7-13(2)8-10-15/h7-10,14H,3-6,11H2,1-2H3/t14-/m0/s1. The summed E-state index contributed by atoms with van der Waals surface area (Å²) >= 11 is 0. The summed E-state index contributed by atoms with van der Waals surface area (Å²) in [7, 11) is 0. The number of aromatic nitrogens is 3. The van der Waals surface area contributed by atoms with Gasteiger partial charge in [-0.3, -0.25) is 0 Å². The van der Waals surface area contributed by atoms with Crippen molar-refractivity contribution in [3.63, 3.8) is 0 Å². The highest BCUT2D eigenvalue weighted by Gasteiger charge is 2.26. The normalized spacial score (nSPS) is 18.2. The van der Waals surface area contributed by atoms with Crippen LogP contribution < -0.4 is 4.90 Å². The maximum Gasteiger partial charge on any atom is 0.207 e. The molecule has 1 aromatic carbocycles. The first-order valence-corrected chi connectivity index (χ1v) is 7.94. The minimum atomic E-state index is 0.418. The molecule has 1 fully saturated rings. The number of rotatable bonds is 3. The van der Waals surface area contributed by atoms with Crippen LogP contribution in [0.4, 0.5) is 5.82 Å². The van der Waals surface area contributed by atoms with Crippen LogP contribution in [0.3, 0.4) is 0 Å². The summed E-state index contributed by atoms with van der Waals surface area (Å²) in [6.45, 7) is 5.20. The molecule has 1 saturated heterocycles. The Hall–Kier alpha value is -2.35.